The van der Waals surface area contributed by atoms with Gasteiger partial charge >= 0.3 is 18.0 Å². The zero-order chi connectivity index (χ0) is 23.2. The Balaban J connectivity index is 2.00. The van der Waals surface area contributed by atoms with E-state index in [1.54, 1.807) is 31.2 Å². The van der Waals surface area contributed by atoms with Crippen LogP contribution in [-0.2, 0) is 20.6 Å². The number of rotatable bonds is 6. The Hall–Kier alpha value is -3.60. The maximum Gasteiger partial charge on any atom is 0.416 e. The Morgan fingerprint density at radius 3 is 2.32 bits per heavy atom. The van der Waals surface area contributed by atoms with Crippen LogP contribution in [0.15, 0.2) is 47.6 Å². The van der Waals surface area contributed by atoms with Gasteiger partial charge < -0.3 is 15.8 Å². The summed E-state index contributed by atoms with van der Waals surface area (Å²) in [5.74, 6) is -2.71. The summed E-state index contributed by atoms with van der Waals surface area (Å²) < 4.78 is 43.5. The summed E-state index contributed by atoms with van der Waals surface area (Å²) in [7, 11) is 0. The van der Waals surface area contributed by atoms with Gasteiger partial charge in [-0.25, -0.2) is 5.43 Å². The Labute approximate surface area is 179 Å². The van der Waals surface area contributed by atoms with Gasteiger partial charge in [-0.05, 0) is 55.0 Å². The van der Waals surface area contributed by atoms with E-state index in [4.69, 9.17) is 22.1 Å². The second-order valence-electron chi connectivity index (χ2n) is 6.06. The first-order valence-electron chi connectivity index (χ1n) is 8.51. The minimum atomic E-state index is -4.64. The van der Waals surface area contributed by atoms with Gasteiger partial charge in [0.15, 0.2) is 6.61 Å². The van der Waals surface area contributed by atoms with Crippen LogP contribution in [0, 0.1) is 0 Å². The van der Waals surface area contributed by atoms with Crippen LogP contribution in [0.4, 0.5) is 18.9 Å². The number of hydrogen-bond donors (Lipinski definition) is 3. The van der Waals surface area contributed by atoms with Crippen LogP contribution in [0.1, 0.15) is 18.1 Å². The summed E-state index contributed by atoms with van der Waals surface area (Å²) in [6.45, 7) is 1.26. The molecule has 3 amide bonds. The van der Waals surface area contributed by atoms with Gasteiger partial charge in [0, 0.05) is 0 Å². The Morgan fingerprint density at radius 2 is 1.74 bits per heavy atom. The number of halogens is 4. The first kappa shape index (κ1) is 23.7. The molecule has 0 heterocycles. The number of alkyl halides is 3. The minimum Gasteiger partial charge on any atom is -0.484 e. The fourth-order valence-electron chi connectivity index (χ4n) is 2.17. The standard InChI is InChI=1S/C19H16ClF3N4O4/c1-10(11-2-5-13(6-3-11)31-9-16(24)28)26-27-18(30)17(29)25-15-8-12(19(21,22)23)4-7-14(15)20/h2-8H,9H2,1H3,(H2,24,28)(H,25,29)(H,27,30)/b26-10+. The third-order valence-electron chi connectivity index (χ3n) is 3.73. The molecule has 164 valence electrons. The number of benzene rings is 2. The number of nitrogens with two attached hydrogens (primary N) is 1. The van der Waals surface area contributed by atoms with Crippen molar-refractivity contribution in [3.8, 4) is 5.75 Å². The van der Waals surface area contributed by atoms with E-state index in [9.17, 15) is 27.6 Å². The maximum absolute atomic E-state index is 12.8. The predicted molar refractivity (Wildman–Crippen MR) is 107 cm³/mol. The third kappa shape index (κ3) is 7.00. The maximum atomic E-state index is 12.8. The second-order valence-corrected chi connectivity index (χ2v) is 6.47. The number of hydrogen-bond acceptors (Lipinski definition) is 5. The first-order chi connectivity index (χ1) is 14.5. The van der Waals surface area contributed by atoms with Gasteiger partial charge in [0.2, 0.25) is 0 Å². The minimum absolute atomic E-state index is 0.174. The molecule has 4 N–H and O–H groups in total. The third-order valence-corrected chi connectivity index (χ3v) is 4.06. The normalized spacial score (nSPS) is 11.6. The van der Waals surface area contributed by atoms with Crippen LogP contribution in [0.25, 0.3) is 0 Å². The van der Waals surface area contributed by atoms with Gasteiger partial charge in [-0.1, -0.05) is 11.6 Å². The van der Waals surface area contributed by atoms with Crippen LogP contribution in [0.5, 0.6) is 5.75 Å². The predicted octanol–water partition coefficient (Wildman–Crippen LogP) is 2.70. The molecule has 0 spiro atoms. The lowest BCUT2D eigenvalue weighted by atomic mass is 10.1. The molecule has 0 aliphatic heterocycles. The number of carbonyl (C=O) groups excluding carboxylic acids is 3. The summed E-state index contributed by atoms with van der Waals surface area (Å²) in [6, 6.07) is 8.58. The van der Waals surface area contributed by atoms with Crippen molar-refractivity contribution in [2.75, 3.05) is 11.9 Å². The molecule has 0 fully saturated rings. The molecule has 0 bridgehead atoms. The molecule has 2 rings (SSSR count). The van der Waals surface area contributed by atoms with Gasteiger partial charge in [-0.15, -0.1) is 0 Å². The smallest absolute Gasteiger partial charge is 0.416 e. The van der Waals surface area contributed by atoms with E-state index in [2.05, 4.69) is 5.10 Å². The molecule has 0 unspecified atom stereocenters. The topological polar surface area (TPSA) is 123 Å². The van der Waals surface area contributed by atoms with E-state index in [-0.39, 0.29) is 17.3 Å². The molecule has 31 heavy (non-hydrogen) atoms. The molecule has 0 atom stereocenters. The molecule has 8 nitrogen and oxygen atoms in total. The fourth-order valence-corrected chi connectivity index (χ4v) is 2.34. The molecule has 12 heteroatoms. The van der Waals surface area contributed by atoms with Crippen molar-refractivity contribution >= 4 is 40.7 Å². The van der Waals surface area contributed by atoms with Gasteiger partial charge in [-0.2, -0.15) is 18.3 Å². The molecule has 2 aromatic carbocycles. The highest BCUT2D eigenvalue weighted by molar-refractivity contribution is 6.41. The summed E-state index contributed by atoms with van der Waals surface area (Å²) in [5, 5.41) is 5.61. The van der Waals surface area contributed by atoms with Gasteiger partial charge in [0.05, 0.1) is 22.0 Å². The van der Waals surface area contributed by atoms with Crippen LogP contribution >= 0.6 is 11.6 Å². The number of amides is 3. The lowest BCUT2D eigenvalue weighted by molar-refractivity contribution is -0.137. The van der Waals surface area contributed by atoms with Crippen molar-refractivity contribution in [1.82, 2.24) is 5.43 Å². The first-order valence-corrected chi connectivity index (χ1v) is 8.89. The summed E-state index contributed by atoms with van der Waals surface area (Å²) in [5.41, 5.74) is 6.45. The quantitative estimate of drug-likeness (QED) is 0.351. The van der Waals surface area contributed by atoms with Crippen LogP contribution < -0.4 is 21.2 Å². The highest BCUT2D eigenvalue weighted by Crippen LogP contribution is 2.33. The molecule has 0 aromatic heterocycles. The summed E-state index contributed by atoms with van der Waals surface area (Å²) in [6.07, 6.45) is -4.64. The van der Waals surface area contributed by atoms with E-state index in [1.165, 1.54) is 0 Å². The average Bonchev–Trinajstić information content (AvgIpc) is 2.71. The van der Waals surface area contributed by atoms with E-state index < -0.39 is 29.5 Å². The van der Waals surface area contributed by atoms with E-state index in [0.717, 1.165) is 12.1 Å². The zero-order valence-corrected chi connectivity index (χ0v) is 16.7. The fraction of sp³-hybridized carbons (Fsp3) is 0.158. The molecular formula is C19H16ClF3N4O4. The molecule has 0 aliphatic carbocycles. The van der Waals surface area contributed by atoms with Crippen molar-refractivity contribution < 1.29 is 32.3 Å². The van der Waals surface area contributed by atoms with Gasteiger partial charge in [-0.3, -0.25) is 14.4 Å². The van der Waals surface area contributed by atoms with Crippen LogP contribution in [-0.4, -0.2) is 30.0 Å². The zero-order valence-electron chi connectivity index (χ0n) is 15.9. The number of anilines is 1. The average molecular weight is 457 g/mol. The van der Waals surface area contributed by atoms with E-state index >= 15 is 0 Å². The molecule has 0 saturated carbocycles. The number of primary amides is 1. The van der Waals surface area contributed by atoms with Gasteiger partial charge in [0.1, 0.15) is 5.75 Å². The number of hydrazone groups is 1. The van der Waals surface area contributed by atoms with Crippen LogP contribution in [0.2, 0.25) is 5.02 Å². The largest absolute Gasteiger partial charge is 0.484 e. The van der Waals surface area contributed by atoms with Crippen molar-refractivity contribution in [2.45, 2.75) is 13.1 Å². The van der Waals surface area contributed by atoms with Gasteiger partial charge in [0.25, 0.3) is 5.91 Å². The number of carbonyl (C=O) groups is 3. The lowest BCUT2D eigenvalue weighted by Crippen LogP contribution is -2.33. The number of nitrogens with zero attached hydrogens (tertiary/aromatic N) is 1. The molecule has 0 radical (unpaired) electrons. The monoisotopic (exact) mass is 456 g/mol. The molecule has 0 saturated heterocycles. The highest BCUT2D eigenvalue weighted by Gasteiger charge is 2.31. The van der Waals surface area contributed by atoms with Crippen molar-refractivity contribution in [3.05, 3.63) is 58.6 Å². The Kier molecular flexibility index (Phi) is 7.59. The lowest BCUT2D eigenvalue weighted by Gasteiger charge is -2.11. The van der Waals surface area contributed by atoms with E-state index in [0.29, 0.717) is 23.1 Å². The molecular weight excluding hydrogens is 441 g/mol. The van der Waals surface area contributed by atoms with E-state index in [1.807, 2.05) is 10.7 Å². The summed E-state index contributed by atoms with van der Waals surface area (Å²) in [4.78, 5) is 34.6. The van der Waals surface area contributed by atoms with Crippen molar-refractivity contribution in [2.24, 2.45) is 10.8 Å². The molecule has 0 aliphatic rings. The molecule has 2 aromatic rings. The summed E-state index contributed by atoms with van der Waals surface area (Å²) >= 11 is 5.78. The Bertz CT molecular complexity index is 1020. The highest BCUT2D eigenvalue weighted by atomic mass is 35.5. The SMILES string of the molecule is C/C(=N\NC(=O)C(=O)Nc1cc(C(F)(F)F)ccc1Cl)c1ccc(OCC(N)=O)cc1. The van der Waals surface area contributed by atoms with Crippen molar-refractivity contribution in [1.29, 1.82) is 0 Å². The number of ether oxygens (including phenoxy) is 1. The van der Waals surface area contributed by atoms with Crippen molar-refractivity contribution in [3.63, 3.8) is 0 Å². The van der Waals surface area contributed by atoms with Crippen LogP contribution in [0.3, 0.4) is 0 Å². The number of nitrogens with one attached hydrogen (secondary N) is 2. The Morgan fingerprint density at radius 1 is 1.10 bits per heavy atom. The second kappa shape index (κ2) is 9.94.